The van der Waals surface area contributed by atoms with E-state index in [0.717, 1.165) is 12.6 Å². The van der Waals surface area contributed by atoms with Crippen molar-refractivity contribution in [3.8, 4) is 11.1 Å². The molecule has 1 N–H and O–H groups in total. The molecule has 0 unspecified atom stereocenters. The second-order valence-corrected chi connectivity index (χ2v) is 5.06. The lowest BCUT2D eigenvalue weighted by molar-refractivity contribution is 0.688. The van der Waals surface area contributed by atoms with Crippen molar-refractivity contribution in [2.75, 3.05) is 0 Å². The van der Waals surface area contributed by atoms with Gasteiger partial charge in [-0.3, -0.25) is 4.98 Å². The maximum Gasteiger partial charge on any atom is 0.0346 e. The van der Waals surface area contributed by atoms with Gasteiger partial charge in [0, 0.05) is 30.5 Å². The van der Waals surface area contributed by atoms with Gasteiger partial charge in [-0.2, -0.15) is 0 Å². The van der Waals surface area contributed by atoms with E-state index in [-0.39, 0.29) is 0 Å². The van der Waals surface area contributed by atoms with Gasteiger partial charge in [-0.15, -0.1) is 0 Å². The normalized spacial score (nSPS) is 14.7. The number of aryl methyl sites for hydroxylation is 1. The molecular formula is C16H18N2. The van der Waals surface area contributed by atoms with Crippen molar-refractivity contribution in [2.24, 2.45) is 0 Å². The fraction of sp³-hybridized carbons (Fsp3) is 0.312. The Kier molecular flexibility index (Phi) is 3.11. The molecule has 1 aliphatic carbocycles. The third-order valence-corrected chi connectivity index (χ3v) is 3.40. The molecule has 3 rings (SSSR count). The molecule has 0 radical (unpaired) electrons. The predicted molar refractivity (Wildman–Crippen MR) is 74.3 cm³/mol. The van der Waals surface area contributed by atoms with Gasteiger partial charge in [0.1, 0.15) is 0 Å². The van der Waals surface area contributed by atoms with Crippen molar-refractivity contribution in [1.82, 2.24) is 10.3 Å². The SMILES string of the molecule is Cc1ccc(CNC2CC2)c(-c2cccnc2)c1. The quantitative estimate of drug-likeness (QED) is 0.884. The summed E-state index contributed by atoms with van der Waals surface area (Å²) in [6.07, 6.45) is 6.42. The summed E-state index contributed by atoms with van der Waals surface area (Å²) < 4.78 is 0. The molecule has 0 saturated heterocycles. The van der Waals surface area contributed by atoms with Crippen LogP contribution in [0.4, 0.5) is 0 Å². The topological polar surface area (TPSA) is 24.9 Å². The summed E-state index contributed by atoms with van der Waals surface area (Å²) >= 11 is 0. The highest BCUT2D eigenvalue weighted by atomic mass is 14.9. The van der Waals surface area contributed by atoms with E-state index in [1.807, 2.05) is 18.5 Å². The van der Waals surface area contributed by atoms with Gasteiger partial charge in [0.2, 0.25) is 0 Å². The number of rotatable bonds is 4. The standard InChI is InChI=1S/C16H18N2/c1-12-4-5-14(11-18-15-6-7-15)16(9-12)13-3-2-8-17-10-13/h2-5,8-10,15,18H,6-7,11H2,1H3. The molecule has 0 spiro atoms. The van der Waals surface area contributed by atoms with Gasteiger partial charge in [0.25, 0.3) is 0 Å². The first-order valence-corrected chi connectivity index (χ1v) is 6.56. The van der Waals surface area contributed by atoms with E-state index in [9.17, 15) is 0 Å². The smallest absolute Gasteiger partial charge is 0.0346 e. The molecule has 1 saturated carbocycles. The molecule has 18 heavy (non-hydrogen) atoms. The van der Waals surface area contributed by atoms with Crippen molar-refractivity contribution in [3.05, 3.63) is 53.9 Å². The molecular weight excluding hydrogens is 220 g/mol. The summed E-state index contributed by atoms with van der Waals surface area (Å²) in [4.78, 5) is 4.22. The lowest BCUT2D eigenvalue weighted by Gasteiger charge is -2.11. The minimum absolute atomic E-state index is 0.744. The van der Waals surface area contributed by atoms with Crippen LogP contribution in [0.25, 0.3) is 11.1 Å². The number of aromatic nitrogens is 1. The fourth-order valence-corrected chi connectivity index (χ4v) is 2.18. The summed E-state index contributed by atoms with van der Waals surface area (Å²) in [5.41, 5.74) is 5.16. The number of nitrogens with zero attached hydrogens (tertiary/aromatic N) is 1. The highest BCUT2D eigenvalue weighted by Crippen LogP contribution is 2.26. The summed E-state index contributed by atoms with van der Waals surface area (Å²) in [5.74, 6) is 0. The Labute approximate surface area is 108 Å². The molecule has 2 heteroatoms. The highest BCUT2D eigenvalue weighted by molar-refractivity contribution is 5.67. The van der Waals surface area contributed by atoms with Crippen molar-refractivity contribution in [1.29, 1.82) is 0 Å². The van der Waals surface area contributed by atoms with Crippen LogP contribution < -0.4 is 5.32 Å². The van der Waals surface area contributed by atoms with E-state index < -0.39 is 0 Å². The first kappa shape index (κ1) is 11.4. The third kappa shape index (κ3) is 2.59. The van der Waals surface area contributed by atoms with E-state index in [1.54, 1.807) is 0 Å². The van der Waals surface area contributed by atoms with Crippen molar-refractivity contribution in [3.63, 3.8) is 0 Å². The van der Waals surface area contributed by atoms with Crippen LogP contribution in [0.2, 0.25) is 0 Å². The molecule has 92 valence electrons. The molecule has 1 aromatic carbocycles. The molecule has 2 nitrogen and oxygen atoms in total. The van der Waals surface area contributed by atoms with Crippen LogP contribution in [-0.4, -0.2) is 11.0 Å². The van der Waals surface area contributed by atoms with Crippen molar-refractivity contribution >= 4 is 0 Å². The number of nitrogens with one attached hydrogen (secondary N) is 1. The zero-order chi connectivity index (χ0) is 12.4. The maximum atomic E-state index is 4.22. The van der Waals surface area contributed by atoms with E-state index in [4.69, 9.17) is 0 Å². The van der Waals surface area contributed by atoms with Gasteiger partial charge in [0.05, 0.1) is 0 Å². The second kappa shape index (κ2) is 4.91. The first-order chi connectivity index (χ1) is 8.83. The molecule has 1 fully saturated rings. The van der Waals surface area contributed by atoms with E-state index >= 15 is 0 Å². The molecule has 1 aliphatic rings. The van der Waals surface area contributed by atoms with Crippen LogP contribution in [0.1, 0.15) is 24.0 Å². The van der Waals surface area contributed by atoms with E-state index in [1.165, 1.54) is 35.1 Å². The zero-order valence-corrected chi connectivity index (χ0v) is 10.7. The molecule has 0 bridgehead atoms. The Morgan fingerprint density at radius 3 is 2.89 bits per heavy atom. The van der Waals surface area contributed by atoms with Crippen molar-refractivity contribution in [2.45, 2.75) is 32.4 Å². The number of hydrogen-bond acceptors (Lipinski definition) is 2. The van der Waals surface area contributed by atoms with Gasteiger partial charge in [-0.05, 0) is 37.0 Å². The Morgan fingerprint density at radius 1 is 1.28 bits per heavy atom. The lowest BCUT2D eigenvalue weighted by Crippen LogP contribution is -2.15. The minimum Gasteiger partial charge on any atom is -0.310 e. The summed E-state index contributed by atoms with van der Waals surface area (Å²) in [6.45, 7) is 3.09. The number of benzene rings is 1. The zero-order valence-electron chi connectivity index (χ0n) is 10.7. The minimum atomic E-state index is 0.744. The van der Waals surface area contributed by atoms with Crippen LogP contribution in [0.15, 0.2) is 42.7 Å². The van der Waals surface area contributed by atoms with Crippen LogP contribution in [0.5, 0.6) is 0 Å². The second-order valence-electron chi connectivity index (χ2n) is 5.06. The molecule has 1 heterocycles. The molecule has 0 amide bonds. The van der Waals surface area contributed by atoms with Crippen LogP contribution in [0.3, 0.4) is 0 Å². The molecule has 1 aromatic heterocycles. The average Bonchev–Trinajstić information content (AvgIpc) is 3.22. The van der Waals surface area contributed by atoms with Gasteiger partial charge in [0.15, 0.2) is 0 Å². The fourth-order valence-electron chi connectivity index (χ4n) is 2.18. The average molecular weight is 238 g/mol. The van der Waals surface area contributed by atoms with E-state index in [2.05, 4.69) is 41.5 Å². The highest BCUT2D eigenvalue weighted by Gasteiger charge is 2.20. The molecule has 2 aromatic rings. The van der Waals surface area contributed by atoms with Gasteiger partial charge >= 0.3 is 0 Å². The third-order valence-electron chi connectivity index (χ3n) is 3.40. The Hall–Kier alpha value is -1.67. The maximum absolute atomic E-state index is 4.22. The van der Waals surface area contributed by atoms with E-state index in [0.29, 0.717) is 0 Å². The largest absolute Gasteiger partial charge is 0.310 e. The predicted octanol–water partition coefficient (Wildman–Crippen LogP) is 3.31. The summed E-state index contributed by atoms with van der Waals surface area (Å²) in [7, 11) is 0. The van der Waals surface area contributed by atoms with Gasteiger partial charge in [-0.1, -0.05) is 29.8 Å². The monoisotopic (exact) mass is 238 g/mol. The van der Waals surface area contributed by atoms with Gasteiger partial charge < -0.3 is 5.32 Å². The van der Waals surface area contributed by atoms with Crippen LogP contribution in [-0.2, 0) is 6.54 Å². The Balaban J connectivity index is 1.92. The number of pyridine rings is 1. The summed E-state index contributed by atoms with van der Waals surface area (Å²) in [6, 6.07) is 11.5. The Morgan fingerprint density at radius 2 is 2.17 bits per heavy atom. The lowest BCUT2D eigenvalue weighted by atomic mass is 9.99. The summed E-state index contributed by atoms with van der Waals surface area (Å²) in [5, 5.41) is 3.58. The number of hydrogen-bond donors (Lipinski definition) is 1. The molecule has 0 atom stereocenters. The van der Waals surface area contributed by atoms with Crippen LogP contribution in [0, 0.1) is 6.92 Å². The van der Waals surface area contributed by atoms with Crippen LogP contribution >= 0.6 is 0 Å². The Bertz CT molecular complexity index is 530. The van der Waals surface area contributed by atoms with Crippen molar-refractivity contribution < 1.29 is 0 Å². The first-order valence-electron chi connectivity index (χ1n) is 6.56. The van der Waals surface area contributed by atoms with Gasteiger partial charge in [-0.25, -0.2) is 0 Å². The molecule has 0 aliphatic heterocycles.